The number of hydrogen-bond donors (Lipinski definition) is 2. The van der Waals surface area contributed by atoms with E-state index >= 15 is 0 Å². The topological polar surface area (TPSA) is 78.9 Å². The fraction of sp³-hybridized carbons (Fsp3) is 0.500. The van der Waals surface area contributed by atoms with Gasteiger partial charge in [0.15, 0.2) is 0 Å². The molecule has 1 heterocycles. The number of carbonyl (C=O) groups is 2. The van der Waals surface area contributed by atoms with Gasteiger partial charge >= 0.3 is 12.0 Å². The maximum Gasteiger partial charge on any atom is 0.317 e. The Morgan fingerprint density at radius 1 is 1.32 bits per heavy atom. The molecule has 1 aromatic rings. The number of carbonyl (C=O) groups excluding carboxylic acids is 1. The maximum atomic E-state index is 12.0. The number of carboxylic acid groups (broad SMARTS) is 1. The lowest BCUT2D eigenvalue weighted by Crippen LogP contribution is -2.47. The first-order valence-electron chi connectivity index (χ1n) is 7.54. The van der Waals surface area contributed by atoms with E-state index < -0.39 is 11.9 Å². The Morgan fingerprint density at radius 3 is 2.82 bits per heavy atom. The van der Waals surface area contributed by atoms with Gasteiger partial charge in [0.05, 0.1) is 19.1 Å². The summed E-state index contributed by atoms with van der Waals surface area (Å²) in [6.45, 7) is 2.25. The molecular formula is C16H22N2O4. The van der Waals surface area contributed by atoms with Gasteiger partial charge in [-0.15, -0.1) is 0 Å². The molecule has 0 bridgehead atoms. The van der Waals surface area contributed by atoms with Crippen LogP contribution in [0.5, 0.6) is 0 Å². The van der Waals surface area contributed by atoms with Crippen LogP contribution in [0.2, 0.25) is 0 Å². The molecule has 1 aliphatic rings. The number of urea groups is 1. The van der Waals surface area contributed by atoms with Gasteiger partial charge in [-0.3, -0.25) is 4.79 Å². The summed E-state index contributed by atoms with van der Waals surface area (Å²) in [5, 5.41) is 11.8. The van der Waals surface area contributed by atoms with Crippen LogP contribution in [0, 0.1) is 5.92 Å². The van der Waals surface area contributed by atoms with Gasteiger partial charge in [0.2, 0.25) is 0 Å². The van der Waals surface area contributed by atoms with E-state index in [0.717, 1.165) is 12.0 Å². The van der Waals surface area contributed by atoms with Crippen LogP contribution in [0.1, 0.15) is 18.4 Å². The molecule has 1 saturated heterocycles. The summed E-state index contributed by atoms with van der Waals surface area (Å²) in [4.78, 5) is 24.5. The molecule has 2 rings (SSSR count). The van der Waals surface area contributed by atoms with E-state index in [1.54, 1.807) is 4.90 Å². The first kappa shape index (κ1) is 16.3. The molecule has 0 aromatic heterocycles. The van der Waals surface area contributed by atoms with Crippen LogP contribution >= 0.6 is 0 Å². The number of likely N-dealkylation sites (tertiary alicyclic amines) is 1. The van der Waals surface area contributed by atoms with Crippen molar-refractivity contribution in [2.45, 2.75) is 19.4 Å². The van der Waals surface area contributed by atoms with E-state index in [4.69, 9.17) is 9.84 Å². The summed E-state index contributed by atoms with van der Waals surface area (Å²) in [5.74, 6) is -1.28. The Kier molecular flexibility index (Phi) is 6.21. The first-order valence-corrected chi connectivity index (χ1v) is 7.54. The van der Waals surface area contributed by atoms with E-state index in [2.05, 4.69) is 5.32 Å². The second kappa shape index (κ2) is 8.38. The molecule has 1 atom stereocenters. The number of hydrogen-bond acceptors (Lipinski definition) is 3. The largest absolute Gasteiger partial charge is 0.481 e. The van der Waals surface area contributed by atoms with E-state index in [9.17, 15) is 9.59 Å². The Labute approximate surface area is 130 Å². The van der Waals surface area contributed by atoms with Gasteiger partial charge in [0, 0.05) is 19.6 Å². The molecule has 22 heavy (non-hydrogen) atoms. The van der Waals surface area contributed by atoms with Crippen molar-refractivity contribution >= 4 is 12.0 Å². The van der Waals surface area contributed by atoms with E-state index in [1.165, 1.54) is 0 Å². The molecule has 6 heteroatoms. The second-order valence-electron chi connectivity index (χ2n) is 5.39. The number of nitrogens with one attached hydrogen (secondary N) is 1. The van der Waals surface area contributed by atoms with Crippen LogP contribution in [-0.2, 0) is 16.1 Å². The molecule has 2 N–H and O–H groups in total. The van der Waals surface area contributed by atoms with Gasteiger partial charge in [0.1, 0.15) is 0 Å². The number of aliphatic carboxylic acids is 1. The minimum atomic E-state index is -0.830. The maximum absolute atomic E-state index is 12.0. The number of rotatable bonds is 6. The molecule has 1 aromatic carbocycles. The summed E-state index contributed by atoms with van der Waals surface area (Å²) in [6, 6.07) is 9.61. The highest BCUT2D eigenvalue weighted by atomic mass is 16.5. The van der Waals surface area contributed by atoms with Crippen molar-refractivity contribution in [3.8, 4) is 0 Å². The average Bonchev–Trinajstić information content (AvgIpc) is 2.55. The predicted octanol–water partition coefficient (Wildman–Crippen LogP) is 1.71. The van der Waals surface area contributed by atoms with Gasteiger partial charge in [-0.05, 0) is 18.4 Å². The average molecular weight is 306 g/mol. The Morgan fingerprint density at radius 2 is 2.09 bits per heavy atom. The van der Waals surface area contributed by atoms with E-state index in [1.807, 2.05) is 30.3 Å². The minimum Gasteiger partial charge on any atom is -0.481 e. The first-order chi connectivity index (χ1) is 10.7. The van der Waals surface area contributed by atoms with Gasteiger partial charge in [-0.25, -0.2) is 4.79 Å². The van der Waals surface area contributed by atoms with Gasteiger partial charge in [0.25, 0.3) is 0 Å². The minimum absolute atomic E-state index is 0.214. The lowest BCUT2D eigenvalue weighted by Gasteiger charge is -2.30. The normalized spacial score (nSPS) is 18.0. The Hall–Kier alpha value is -2.08. The van der Waals surface area contributed by atoms with E-state index in [0.29, 0.717) is 32.7 Å². The van der Waals surface area contributed by atoms with Gasteiger partial charge in [-0.1, -0.05) is 30.3 Å². The van der Waals surface area contributed by atoms with Crippen molar-refractivity contribution in [3.63, 3.8) is 0 Å². The fourth-order valence-corrected chi connectivity index (χ4v) is 2.47. The molecule has 6 nitrogen and oxygen atoms in total. The van der Waals surface area contributed by atoms with Crippen LogP contribution in [0.15, 0.2) is 30.3 Å². The molecule has 1 fully saturated rings. The molecule has 1 aliphatic heterocycles. The molecule has 0 radical (unpaired) electrons. The highest BCUT2D eigenvalue weighted by molar-refractivity contribution is 5.76. The number of amides is 2. The third-order valence-electron chi connectivity index (χ3n) is 3.69. The van der Waals surface area contributed by atoms with Crippen molar-refractivity contribution < 1.29 is 19.4 Å². The van der Waals surface area contributed by atoms with Crippen molar-refractivity contribution in [2.75, 3.05) is 26.2 Å². The number of ether oxygens (including phenoxy) is 1. The molecule has 0 saturated carbocycles. The fourth-order valence-electron chi connectivity index (χ4n) is 2.47. The van der Waals surface area contributed by atoms with Gasteiger partial charge < -0.3 is 20.1 Å². The Balaban J connectivity index is 1.62. The predicted molar refractivity (Wildman–Crippen MR) is 81.4 cm³/mol. The molecular weight excluding hydrogens is 284 g/mol. The van der Waals surface area contributed by atoms with Crippen LogP contribution in [0.4, 0.5) is 4.79 Å². The lowest BCUT2D eigenvalue weighted by molar-refractivity contribution is -0.143. The number of carboxylic acids is 1. The van der Waals surface area contributed by atoms with Gasteiger partial charge in [-0.2, -0.15) is 0 Å². The second-order valence-corrected chi connectivity index (χ2v) is 5.39. The zero-order valence-corrected chi connectivity index (χ0v) is 12.5. The highest BCUT2D eigenvalue weighted by Gasteiger charge is 2.27. The third kappa shape index (κ3) is 5.04. The van der Waals surface area contributed by atoms with Crippen LogP contribution in [-0.4, -0.2) is 48.2 Å². The molecule has 2 amide bonds. The van der Waals surface area contributed by atoms with Crippen molar-refractivity contribution in [1.29, 1.82) is 0 Å². The standard InChI is InChI=1S/C16H22N2O4/c19-15(20)14-7-4-9-18(11-14)16(21)17-8-10-22-12-13-5-2-1-3-6-13/h1-3,5-6,14H,4,7-12H2,(H,17,21)(H,19,20). The van der Waals surface area contributed by atoms with Crippen molar-refractivity contribution in [3.05, 3.63) is 35.9 Å². The van der Waals surface area contributed by atoms with E-state index in [-0.39, 0.29) is 12.6 Å². The lowest BCUT2D eigenvalue weighted by atomic mass is 9.99. The van der Waals surface area contributed by atoms with Crippen molar-refractivity contribution in [2.24, 2.45) is 5.92 Å². The third-order valence-corrected chi connectivity index (χ3v) is 3.69. The van der Waals surface area contributed by atoms with Crippen LogP contribution in [0.25, 0.3) is 0 Å². The molecule has 0 aliphatic carbocycles. The van der Waals surface area contributed by atoms with Crippen LogP contribution in [0.3, 0.4) is 0 Å². The SMILES string of the molecule is O=C(O)C1CCCN(C(=O)NCCOCc2ccccc2)C1. The Bertz CT molecular complexity index is 492. The number of benzene rings is 1. The summed E-state index contributed by atoms with van der Waals surface area (Å²) >= 11 is 0. The molecule has 0 spiro atoms. The summed E-state index contributed by atoms with van der Waals surface area (Å²) < 4.78 is 5.49. The number of nitrogens with zero attached hydrogens (tertiary/aromatic N) is 1. The van der Waals surface area contributed by atoms with Crippen molar-refractivity contribution in [1.82, 2.24) is 10.2 Å². The monoisotopic (exact) mass is 306 g/mol. The molecule has 120 valence electrons. The highest BCUT2D eigenvalue weighted by Crippen LogP contribution is 2.16. The van der Waals surface area contributed by atoms with Crippen LogP contribution < -0.4 is 5.32 Å². The summed E-state index contributed by atoms with van der Waals surface area (Å²) in [6.07, 6.45) is 1.37. The smallest absolute Gasteiger partial charge is 0.317 e. The summed E-state index contributed by atoms with van der Waals surface area (Å²) in [5.41, 5.74) is 1.09. The number of piperidine rings is 1. The summed E-state index contributed by atoms with van der Waals surface area (Å²) in [7, 11) is 0. The zero-order chi connectivity index (χ0) is 15.8. The zero-order valence-electron chi connectivity index (χ0n) is 12.5. The molecule has 1 unspecified atom stereocenters. The quantitative estimate of drug-likeness (QED) is 0.784.